The van der Waals surface area contributed by atoms with Crippen LogP contribution >= 0.6 is 11.3 Å². The molecule has 0 saturated carbocycles. The zero-order chi connectivity index (χ0) is 25.9. The van der Waals surface area contributed by atoms with E-state index in [9.17, 15) is 22.0 Å². The third kappa shape index (κ3) is 5.76. The van der Waals surface area contributed by atoms with E-state index in [1.54, 1.807) is 0 Å². The van der Waals surface area contributed by atoms with Gasteiger partial charge in [-0.25, -0.2) is 26.9 Å². The van der Waals surface area contributed by atoms with Crippen molar-refractivity contribution in [2.24, 2.45) is 0 Å². The number of hydrogen-bond donors (Lipinski definition) is 3. The molecule has 0 fully saturated rings. The van der Waals surface area contributed by atoms with Gasteiger partial charge in [0.25, 0.3) is 0 Å². The standard InChI is InChI=1S/C25H22F2N4O3S2/c1-15-5-7-16(8-6-15)13-14-29-36(33,34)18-11-9-17(10-12-18)30-25-31-24(28)23(35-25)22(32)21-19(26)3-2-4-20(21)27/h2-12,29H,13-14,28H2,1H3,(H,30,31). The predicted octanol–water partition coefficient (Wildman–Crippen LogP) is 4.81. The number of anilines is 3. The first kappa shape index (κ1) is 25.4. The Balaban J connectivity index is 1.41. The zero-order valence-electron chi connectivity index (χ0n) is 19.1. The van der Waals surface area contributed by atoms with Crippen molar-refractivity contribution >= 4 is 43.8 Å². The highest BCUT2D eigenvalue weighted by atomic mass is 32.2. The highest BCUT2D eigenvalue weighted by molar-refractivity contribution is 7.89. The van der Waals surface area contributed by atoms with E-state index in [2.05, 4.69) is 15.0 Å². The van der Waals surface area contributed by atoms with Crippen LogP contribution < -0.4 is 15.8 Å². The van der Waals surface area contributed by atoms with Gasteiger partial charge in [0.05, 0.1) is 10.5 Å². The van der Waals surface area contributed by atoms with Crippen LogP contribution in [0, 0.1) is 18.6 Å². The number of nitrogens with one attached hydrogen (secondary N) is 2. The molecule has 36 heavy (non-hydrogen) atoms. The van der Waals surface area contributed by atoms with Crippen LogP contribution in [-0.4, -0.2) is 25.7 Å². The number of aromatic nitrogens is 1. The van der Waals surface area contributed by atoms with Gasteiger partial charge in [0.2, 0.25) is 15.8 Å². The first-order valence-corrected chi connectivity index (χ1v) is 13.1. The van der Waals surface area contributed by atoms with Crippen molar-refractivity contribution < 1.29 is 22.0 Å². The second-order valence-electron chi connectivity index (χ2n) is 7.94. The lowest BCUT2D eigenvalue weighted by molar-refractivity contribution is 0.103. The largest absolute Gasteiger partial charge is 0.382 e. The van der Waals surface area contributed by atoms with Crippen molar-refractivity contribution in [2.75, 3.05) is 17.6 Å². The number of carbonyl (C=O) groups is 1. The third-order valence-electron chi connectivity index (χ3n) is 5.29. The monoisotopic (exact) mass is 528 g/mol. The maximum atomic E-state index is 14.0. The van der Waals surface area contributed by atoms with Crippen LogP contribution in [0.1, 0.15) is 26.4 Å². The fourth-order valence-electron chi connectivity index (χ4n) is 3.39. The van der Waals surface area contributed by atoms with Gasteiger partial charge in [-0.3, -0.25) is 4.79 Å². The Bertz CT molecular complexity index is 1480. The van der Waals surface area contributed by atoms with Crippen LogP contribution in [-0.2, 0) is 16.4 Å². The Labute approximate surface area is 211 Å². The maximum absolute atomic E-state index is 14.0. The topological polar surface area (TPSA) is 114 Å². The Kier molecular flexibility index (Phi) is 7.43. The second kappa shape index (κ2) is 10.5. The van der Waals surface area contributed by atoms with Crippen molar-refractivity contribution in [3.63, 3.8) is 0 Å². The minimum atomic E-state index is -3.71. The predicted molar refractivity (Wildman–Crippen MR) is 136 cm³/mol. The average Bonchev–Trinajstić information content (AvgIpc) is 3.20. The Morgan fingerprint density at radius 3 is 2.28 bits per heavy atom. The summed E-state index contributed by atoms with van der Waals surface area (Å²) in [6.45, 7) is 2.24. The van der Waals surface area contributed by atoms with E-state index in [0.717, 1.165) is 40.7 Å². The summed E-state index contributed by atoms with van der Waals surface area (Å²) in [6.07, 6.45) is 0.558. The smallest absolute Gasteiger partial charge is 0.240 e. The minimum Gasteiger partial charge on any atom is -0.382 e. The first-order valence-electron chi connectivity index (χ1n) is 10.8. The van der Waals surface area contributed by atoms with Crippen LogP contribution in [0.3, 0.4) is 0 Å². The average molecular weight is 529 g/mol. The first-order chi connectivity index (χ1) is 17.1. The van der Waals surface area contributed by atoms with E-state index in [0.29, 0.717) is 12.1 Å². The van der Waals surface area contributed by atoms with Gasteiger partial charge in [-0.2, -0.15) is 0 Å². The molecule has 0 atom stereocenters. The molecule has 0 spiro atoms. The second-order valence-corrected chi connectivity index (χ2v) is 10.7. The van der Waals surface area contributed by atoms with Gasteiger partial charge in [0.1, 0.15) is 22.3 Å². The minimum absolute atomic E-state index is 0.0847. The number of benzene rings is 3. The Morgan fingerprint density at radius 2 is 1.64 bits per heavy atom. The van der Waals surface area contributed by atoms with Gasteiger partial charge in [-0.1, -0.05) is 47.2 Å². The molecule has 7 nitrogen and oxygen atoms in total. The van der Waals surface area contributed by atoms with E-state index in [4.69, 9.17) is 5.73 Å². The Morgan fingerprint density at radius 1 is 1.00 bits per heavy atom. The lowest BCUT2D eigenvalue weighted by Gasteiger charge is -2.08. The number of carbonyl (C=O) groups excluding carboxylic acids is 1. The molecule has 0 radical (unpaired) electrons. The van der Waals surface area contributed by atoms with Gasteiger partial charge in [0, 0.05) is 12.2 Å². The molecular formula is C25H22F2N4O3S2. The summed E-state index contributed by atoms with van der Waals surface area (Å²) in [5.74, 6) is -3.07. The van der Waals surface area contributed by atoms with Crippen molar-refractivity contribution in [2.45, 2.75) is 18.2 Å². The lowest BCUT2D eigenvalue weighted by Crippen LogP contribution is -2.26. The number of nitrogen functional groups attached to an aromatic ring is 1. The summed E-state index contributed by atoms with van der Waals surface area (Å²) in [7, 11) is -3.71. The summed E-state index contributed by atoms with van der Waals surface area (Å²) in [6, 6.07) is 16.9. The SMILES string of the molecule is Cc1ccc(CCNS(=O)(=O)c2ccc(Nc3nc(N)c(C(=O)c4c(F)cccc4F)s3)cc2)cc1. The molecule has 0 unspecified atom stereocenters. The highest BCUT2D eigenvalue weighted by Gasteiger charge is 2.24. The molecule has 4 N–H and O–H groups in total. The maximum Gasteiger partial charge on any atom is 0.240 e. The van der Waals surface area contributed by atoms with Crippen LogP contribution in [0.15, 0.2) is 71.6 Å². The fourth-order valence-corrected chi connectivity index (χ4v) is 5.27. The molecular weight excluding hydrogens is 506 g/mol. The number of nitrogens with two attached hydrogens (primary N) is 1. The van der Waals surface area contributed by atoms with E-state index in [-0.39, 0.29) is 27.3 Å². The van der Waals surface area contributed by atoms with Crippen LogP contribution in [0.4, 0.5) is 25.4 Å². The number of nitrogens with zero attached hydrogens (tertiary/aromatic N) is 1. The summed E-state index contributed by atoms with van der Waals surface area (Å²) in [4.78, 5) is 16.6. The van der Waals surface area contributed by atoms with Crippen molar-refractivity contribution in [3.8, 4) is 0 Å². The van der Waals surface area contributed by atoms with Crippen LogP contribution in [0.2, 0.25) is 0 Å². The van der Waals surface area contributed by atoms with E-state index in [1.165, 1.54) is 24.3 Å². The normalized spacial score (nSPS) is 11.4. The number of rotatable bonds is 9. The third-order valence-corrected chi connectivity index (χ3v) is 7.75. The summed E-state index contributed by atoms with van der Waals surface area (Å²) in [5.41, 5.74) is 7.76. The van der Waals surface area contributed by atoms with Crippen molar-refractivity contribution in [1.29, 1.82) is 0 Å². The molecule has 4 aromatic rings. The molecule has 0 aliphatic heterocycles. The molecule has 0 aliphatic rings. The summed E-state index contributed by atoms with van der Waals surface area (Å²) in [5, 5.41) is 3.13. The summed E-state index contributed by atoms with van der Waals surface area (Å²) >= 11 is 0.834. The van der Waals surface area contributed by atoms with Crippen molar-refractivity contribution in [3.05, 3.63) is 99.9 Å². The van der Waals surface area contributed by atoms with Gasteiger partial charge in [-0.15, -0.1) is 0 Å². The molecule has 0 aliphatic carbocycles. The molecule has 11 heteroatoms. The van der Waals surface area contributed by atoms with Crippen molar-refractivity contribution in [1.82, 2.24) is 9.71 Å². The number of aryl methyl sites for hydroxylation is 1. The number of sulfonamides is 1. The molecule has 1 aromatic heterocycles. The summed E-state index contributed by atoms with van der Waals surface area (Å²) < 4.78 is 55.8. The van der Waals surface area contributed by atoms with E-state index in [1.807, 2.05) is 31.2 Å². The van der Waals surface area contributed by atoms with Gasteiger partial charge in [0.15, 0.2) is 5.13 Å². The lowest BCUT2D eigenvalue weighted by atomic mass is 10.1. The molecule has 186 valence electrons. The van der Waals surface area contributed by atoms with Crippen LogP contribution in [0.25, 0.3) is 0 Å². The zero-order valence-corrected chi connectivity index (χ0v) is 20.7. The molecule has 0 saturated heterocycles. The number of hydrogen-bond acceptors (Lipinski definition) is 7. The van der Waals surface area contributed by atoms with Gasteiger partial charge >= 0.3 is 0 Å². The molecule has 0 amide bonds. The quantitative estimate of drug-likeness (QED) is 0.269. The number of thiazole rings is 1. The van der Waals surface area contributed by atoms with E-state index < -0.39 is 33.0 Å². The number of halogens is 2. The van der Waals surface area contributed by atoms with E-state index >= 15 is 0 Å². The Hall–Kier alpha value is -3.67. The fraction of sp³-hybridized carbons (Fsp3) is 0.120. The molecule has 1 heterocycles. The molecule has 3 aromatic carbocycles. The van der Waals surface area contributed by atoms with Gasteiger partial charge < -0.3 is 11.1 Å². The van der Waals surface area contributed by atoms with Crippen LogP contribution in [0.5, 0.6) is 0 Å². The molecule has 0 bridgehead atoms. The molecule has 4 rings (SSSR count). The number of ketones is 1. The van der Waals surface area contributed by atoms with Gasteiger partial charge in [-0.05, 0) is 55.3 Å². The highest BCUT2D eigenvalue weighted by Crippen LogP contribution is 2.31.